The Balaban J connectivity index is 1.61. The number of hydrogen-bond acceptors (Lipinski definition) is 6. The Morgan fingerprint density at radius 3 is 2.34 bits per heavy atom. The second kappa shape index (κ2) is 11.6. The zero-order valence-corrected chi connectivity index (χ0v) is 21.6. The van der Waals surface area contributed by atoms with Gasteiger partial charge in [-0.15, -0.1) is 0 Å². The molecule has 4 rings (SSSR count). The number of imidazole rings is 1. The van der Waals surface area contributed by atoms with E-state index in [1.165, 1.54) is 13.2 Å². The fourth-order valence-corrected chi connectivity index (χ4v) is 5.11. The number of rotatable bonds is 8. The molecule has 0 aliphatic heterocycles. The number of aryl methyl sites for hydroxylation is 1. The summed E-state index contributed by atoms with van der Waals surface area (Å²) in [6.45, 7) is 1.66. The zero-order valence-electron chi connectivity index (χ0n) is 20.8. The van der Waals surface area contributed by atoms with Gasteiger partial charge in [-0.2, -0.15) is 0 Å². The predicted molar refractivity (Wildman–Crippen MR) is 143 cm³/mol. The molecule has 1 unspecified atom stereocenters. The highest BCUT2D eigenvalue weighted by Gasteiger charge is 2.25. The molecule has 0 spiro atoms. The molecule has 10 nitrogen and oxygen atoms in total. The summed E-state index contributed by atoms with van der Waals surface area (Å²) in [6.07, 6.45) is 3.11. The summed E-state index contributed by atoms with van der Waals surface area (Å²) >= 11 is 0. The molecule has 38 heavy (non-hydrogen) atoms. The van der Waals surface area contributed by atoms with Crippen LogP contribution in [0.1, 0.15) is 23.0 Å². The minimum atomic E-state index is -4.09. The van der Waals surface area contributed by atoms with E-state index in [9.17, 15) is 18.0 Å². The first-order valence-electron chi connectivity index (χ1n) is 11.7. The molecule has 3 N–H and O–H groups in total. The third kappa shape index (κ3) is 6.37. The van der Waals surface area contributed by atoms with Gasteiger partial charge >= 0.3 is 12.1 Å². The highest BCUT2D eigenvalue weighted by molar-refractivity contribution is 7.90. The van der Waals surface area contributed by atoms with Crippen molar-refractivity contribution < 1.29 is 22.7 Å². The van der Waals surface area contributed by atoms with Crippen LogP contribution in [0, 0.1) is 6.92 Å². The lowest BCUT2D eigenvalue weighted by Gasteiger charge is -2.21. The highest BCUT2D eigenvalue weighted by atomic mass is 32.2. The Labute approximate surface area is 220 Å². The van der Waals surface area contributed by atoms with E-state index in [-0.39, 0.29) is 4.90 Å². The van der Waals surface area contributed by atoms with Crippen molar-refractivity contribution in [1.29, 1.82) is 0 Å². The van der Waals surface area contributed by atoms with Crippen LogP contribution in [0.25, 0.3) is 5.69 Å². The summed E-state index contributed by atoms with van der Waals surface area (Å²) < 4.78 is 34.3. The number of benzene rings is 3. The molecule has 196 valence electrons. The standard InChI is InChI=1S/C27H27N5O5S/c1-19-8-6-7-11-24(19)38(35,36)31-26(33)30-23(18-20-9-4-3-5-10-20)25-28-16-17-32(25)22-14-12-21(13-15-22)29-27(34)37-2/h3-17,23H,18H2,1-2H3,(H,29,34)(H2,30,31,33). The van der Waals surface area contributed by atoms with Crippen molar-refractivity contribution in [2.45, 2.75) is 24.3 Å². The van der Waals surface area contributed by atoms with Gasteiger partial charge in [0.25, 0.3) is 10.0 Å². The summed E-state index contributed by atoms with van der Waals surface area (Å²) in [5.41, 5.74) is 2.71. The van der Waals surface area contributed by atoms with E-state index in [0.29, 0.717) is 23.5 Å². The van der Waals surface area contributed by atoms with Crippen molar-refractivity contribution in [3.05, 3.63) is 108 Å². The summed E-state index contributed by atoms with van der Waals surface area (Å²) in [5, 5.41) is 5.37. The molecular formula is C27H27N5O5S. The highest BCUT2D eigenvalue weighted by Crippen LogP contribution is 2.22. The number of ether oxygens (including phenoxy) is 1. The number of nitrogens with one attached hydrogen (secondary N) is 3. The van der Waals surface area contributed by atoms with Crippen LogP contribution in [0.4, 0.5) is 15.3 Å². The van der Waals surface area contributed by atoms with Crippen LogP contribution >= 0.6 is 0 Å². The SMILES string of the molecule is COC(=O)Nc1ccc(-n2ccnc2C(Cc2ccccc2)NC(=O)NS(=O)(=O)c2ccccc2C)cc1. The van der Waals surface area contributed by atoms with E-state index in [2.05, 4.69) is 25.1 Å². The normalized spacial score (nSPS) is 11.8. The zero-order chi connectivity index (χ0) is 27.1. The number of amides is 3. The van der Waals surface area contributed by atoms with Crippen LogP contribution in [-0.4, -0.2) is 37.2 Å². The molecule has 0 saturated heterocycles. The third-order valence-corrected chi connectivity index (χ3v) is 7.25. The Hall–Kier alpha value is -4.64. The molecular weight excluding hydrogens is 506 g/mol. The molecule has 0 radical (unpaired) electrons. The number of methoxy groups -OCH3 is 1. The molecule has 0 bridgehead atoms. The van der Waals surface area contributed by atoms with E-state index >= 15 is 0 Å². The van der Waals surface area contributed by atoms with E-state index in [4.69, 9.17) is 0 Å². The Kier molecular flexibility index (Phi) is 8.07. The van der Waals surface area contributed by atoms with Gasteiger partial charge in [-0.25, -0.2) is 27.7 Å². The van der Waals surface area contributed by atoms with Crippen LogP contribution in [0.2, 0.25) is 0 Å². The summed E-state index contributed by atoms with van der Waals surface area (Å²) in [7, 11) is -2.81. The van der Waals surface area contributed by atoms with E-state index in [0.717, 1.165) is 11.3 Å². The van der Waals surface area contributed by atoms with Crippen LogP contribution in [0.3, 0.4) is 0 Å². The van der Waals surface area contributed by atoms with Gasteiger partial charge in [-0.1, -0.05) is 48.5 Å². The van der Waals surface area contributed by atoms with Crippen LogP contribution < -0.4 is 15.4 Å². The molecule has 11 heteroatoms. The van der Waals surface area contributed by atoms with Crippen molar-refractivity contribution in [3.8, 4) is 5.69 Å². The van der Waals surface area contributed by atoms with E-state index in [1.54, 1.807) is 66.3 Å². The van der Waals surface area contributed by atoms with Gasteiger partial charge in [0, 0.05) is 23.8 Å². The first-order valence-corrected chi connectivity index (χ1v) is 13.2. The van der Waals surface area contributed by atoms with Gasteiger partial charge < -0.3 is 14.6 Å². The minimum Gasteiger partial charge on any atom is -0.453 e. The number of carbonyl (C=O) groups excluding carboxylic acids is 2. The molecule has 0 fully saturated rings. The average molecular weight is 534 g/mol. The van der Waals surface area contributed by atoms with Gasteiger partial charge in [0.1, 0.15) is 5.82 Å². The topological polar surface area (TPSA) is 131 Å². The maximum atomic E-state index is 13.0. The summed E-state index contributed by atoms with van der Waals surface area (Å²) in [4.78, 5) is 29.0. The second-order valence-corrected chi connectivity index (χ2v) is 10.1. The quantitative estimate of drug-likeness (QED) is 0.309. The number of sulfonamides is 1. The van der Waals surface area contributed by atoms with Crippen LogP contribution in [0.15, 0.2) is 96.2 Å². The van der Waals surface area contributed by atoms with Crippen LogP contribution in [0.5, 0.6) is 0 Å². The van der Waals surface area contributed by atoms with Gasteiger partial charge in [0.05, 0.1) is 18.0 Å². The molecule has 3 amide bonds. The maximum absolute atomic E-state index is 13.0. The number of nitrogens with zero attached hydrogens (tertiary/aromatic N) is 2. The largest absolute Gasteiger partial charge is 0.453 e. The van der Waals surface area contributed by atoms with E-state index < -0.39 is 28.2 Å². The van der Waals surface area contributed by atoms with Crippen molar-refractivity contribution in [2.24, 2.45) is 0 Å². The third-order valence-electron chi connectivity index (χ3n) is 5.76. The van der Waals surface area contributed by atoms with Gasteiger partial charge in [0.2, 0.25) is 0 Å². The molecule has 0 saturated carbocycles. The average Bonchev–Trinajstić information content (AvgIpc) is 3.39. The minimum absolute atomic E-state index is 0.0249. The smallest absolute Gasteiger partial charge is 0.411 e. The number of hydrogen-bond donors (Lipinski definition) is 3. The van der Waals surface area contributed by atoms with Gasteiger partial charge in [0.15, 0.2) is 0 Å². The molecule has 1 aromatic heterocycles. The fraction of sp³-hybridized carbons (Fsp3) is 0.148. The van der Waals surface area contributed by atoms with E-state index in [1.807, 2.05) is 30.3 Å². The monoisotopic (exact) mass is 533 g/mol. The lowest BCUT2D eigenvalue weighted by Crippen LogP contribution is -2.42. The molecule has 0 aliphatic rings. The summed E-state index contributed by atoms with van der Waals surface area (Å²) in [6, 6.07) is 21.3. The van der Waals surface area contributed by atoms with Gasteiger partial charge in [-0.3, -0.25) is 5.32 Å². The number of urea groups is 1. The second-order valence-electron chi connectivity index (χ2n) is 8.41. The molecule has 4 aromatic rings. The molecule has 0 aliphatic carbocycles. The first kappa shape index (κ1) is 26.4. The lowest BCUT2D eigenvalue weighted by atomic mass is 10.1. The first-order chi connectivity index (χ1) is 18.3. The number of anilines is 1. The van der Waals surface area contributed by atoms with Crippen molar-refractivity contribution in [2.75, 3.05) is 12.4 Å². The Morgan fingerprint density at radius 2 is 1.66 bits per heavy atom. The van der Waals surface area contributed by atoms with Crippen molar-refractivity contribution in [1.82, 2.24) is 19.6 Å². The fourth-order valence-electron chi connectivity index (χ4n) is 3.94. The van der Waals surface area contributed by atoms with Crippen molar-refractivity contribution >= 4 is 27.8 Å². The van der Waals surface area contributed by atoms with Crippen LogP contribution in [-0.2, 0) is 21.2 Å². The predicted octanol–water partition coefficient (Wildman–Crippen LogP) is 4.33. The number of aromatic nitrogens is 2. The van der Waals surface area contributed by atoms with Gasteiger partial charge in [-0.05, 0) is 54.8 Å². The molecule has 1 heterocycles. The maximum Gasteiger partial charge on any atom is 0.411 e. The molecule has 1 atom stereocenters. The lowest BCUT2D eigenvalue weighted by molar-refractivity contribution is 0.187. The molecule has 3 aromatic carbocycles. The van der Waals surface area contributed by atoms with Crippen molar-refractivity contribution in [3.63, 3.8) is 0 Å². The Bertz CT molecular complexity index is 1520. The Morgan fingerprint density at radius 1 is 0.974 bits per heavy atom. The summed E-state index contributed by atoms with van der Waals surface area (Å²) in [5.74, 6) is 0.492. The number of carbonyl (C=O) groups is 2.